The summed E-state index contributed by atoms with van der Waals surface area (Å²) < 4.78 is 31.6. The molecule has 0 radical (unpaired) electrons. The summed E-state index contributed by atoms with van der Waals surface area (Å²) in [6.07, 6.45) is 0. The maximum Gasteiger partial charge on any atom is 0.394 e. The van der Waals surface area contributed by atoms with Crippen LogP contribution in [0.15, 0.2) is 18.2 Å². The van der Waals surface area contributed by atoms with E-state index >= 15 is 0 Å². The molecule has 0 fully saturated rings. The molecule has 0 spiro atoms. The molecule has 0 heterocycles. The highest BCUT2D eigenvalue weighted by molar-refractivity contribution is 7.79. The number of aryl methyl sites for hydroxylation is 1. The molecule has 0 atom stereocenters. The van der Waals surface area contributed by atoms with Crippen molar-refractivity contribution in [3.8, 4) is 0 Å². The number of anilines is 1. The van der Waals surface area contributed by atoms with Gasteiger partial charge in [0.05, 0.1) is 0 Å². The number of nitrogens with two attached hydrogens (primary N) is 1. The molecule has 0 aliphatic rings. The molecule has 14 heavy (non-hydrogen) atoms. The minimum absolute atomic E-state index is 0.693. The van der Waals surface area contributed by atoms with Crippen LogP contribution < -0.4 is 5.73 Å². The molecule has 0 saturated carbocycles. The number of nitrogen functional groups attached to an aromatic ring is 1. The monoisotopic (exact) mass is 239 g/mol. The molecule has 0 aromatic heterocycles. The van der Waals surface area contributed by atoms with Gasteiger partial charge >= 0.3 is 10.4 Å². The van der Waals surface area contributed by atoms with Gasteiger partial charge in [-0.15, -0.1) is 0 Å². The highest BCUT2D eigenvalue weighted by atomic mass is 35.5. The van der Waals surface area contributed by atoms with Crippen LogP contribution in [0.2, 0.25) is 5.02 Å². The zero-order valence-electron chi connectivity index (χ0n) is 7.31. The van der Waals surface area contributed by atoms with Gasteiger partial charge in [0.15, 0.2) is 0 Å². The van der Waals surface area contributed by atoms with Crippen LogP contribution in [-0.4, -0.2) is 17.5 Å². The summed E-state index contributed by atoms with van der Waals surface area (Å²) in [5, 5.41) is 0.693. The maximum absolute atomic E-state index is 8.74. The molecule has 0 amide bonds. The van der Waals surface area contributed by atoms with E-state index in [1.165, 1.54) is 0 Å². The SMILES string of the molecule is Cc1ccc(Cl)cc1N.O=S(=O)(O)O. The first kappa shape index (κ1) is 13.2. The van der Waals surface area contributed by atoms with Crippen molar-refractivity contribution in [2.75, 3.05) is 5.73 Å². The Kier molecular flexibility index (Phi) is 4.86. The van der Waals surface area contributed by atoms with Gasteiger partial charge in [0, 0.05) is 10.7 Å². The first-order valence-corrected chi connectivity index (χ1v) is 5.19. The van der Waals surface area contributed by atoms with Crippen LogP contribution in [-0.2, 0) is 10.4 Å². The van der Waals surface area contributed by atoms with Crippen LogP contribution in [0.25, 0.3) is 0 Å². The topological polar surface area (TPSA) is 101 Å². The lowest BCUT2D eigenvalue weighted by molar-refractivity contribution is 0.381. The molecule has 80 valence electrons. The highest BCUT2D eigenvalue weighted by Crippen LogP contribution is 2.16. The van der Waals surface area contributed by atoms with Gasteiger partial charge in [-0.1, -0.05) is 17.7 Å². The third-order valence-electron chi connectivity index (χ3n) is 1.24. The molecule has 0 aliphatic carbocycles. The van der Waals surface area contributed by atoms with Gasteiger partial charge < -0.3 is 5.73 Å². The minimum Gasteiger partial charge on any atom is -0.398 e. The van der Waals surface area contributed by atoms with Crippen molar-refractivity contribution >= 4 is 27.7 Å². The van der Waals surface area contributed by atoms with Crippen molar-refractivity contribution in [2.24, 2.45) is 0 Å². The van der Waals surface area contributed by atoms with Gasteiger partial charge in [-0.3, -0.25) is 9.11 Å². The first-order chi connectivity index (χ1) is 6.20. The fourth-order valence-corrected chi connectivity index (χ4v) is 0.792. The lowest BCUT2D eigenvalue weighted by Crippen LogP contribution is -1.89. The van der Waals surface area contributed by atoms with Crippen LogP contribution in [0.4, 0.5) is 5.69 Å². The van der Waals surface area contributed by atoms with Crippen molar-refractivity contribution in [1.82, 2.24) is 0 Å². The van der Waals surface area contributed by atoms with Crippen molar-refractivity contribution in [3.05, 3.63) is 28.8 Å². The van der Waals surface area contributed by atoms with E-state index in [0.717, 1.165) is 11.3 Å². The smallest absolute Gasteiger partial charge is 0.394 e. The Morgan fingerprint density at radius 1 is 1.36 bits per heavy atom. The average molecular weight is 240 g/mol. The van der Waals surface area contributed by atoms with Crippen LogP contribution in [0.1, 0.15) is 5.56 Å². The second-order valence-corrected chi connectivity index (χ2v) is 3.78. The minimum atomic E-state index is -4.67. The first-order valence-electron chi connectivity index (χ1n) is 3.41. The van der Waals surface area contributed by atoms with Gasteiger partial charge in [-0.2, -0.15) is 8.42 Å². The van der Waals surface area contributed by atoms with Gasteiger partial charge in [0.2, 0.25) is 0 Å². The van der Waals surface area contributed by atoms with Crippen LogP contribution in [0.3, 0.4) is 0 Å². The fraction of sp³-hybridized carbons (Fsp3) is 0.143. The second-order valence-electron chi connectivity index (χ2n) is 2.45. The summed E-state index contributed by atoms with van der Waals surface area (Å²) >= 11 is 5.64. The van der Waals surface area contributed by atoms with Gasteiger partial charge in [0.1, 0.15) is 0 Å². The van der Waals surface area contributed by atoms with E-state index in [4.69, 9.17) is 34.9 Å². The number of hydrogen-bond donors (Lipinski definition) is 3. The highest BCUT2D eigenvalue weighted by Gasteiger charge is 1.91. The Morgan fingerprint density at radius 3 is 2.07 bits per heavy atom. The molecule has 7 heteroatoms. The molecule has 0 saturated heterocycles. The Labute approximate surface area is 87.1 Å². The van der Waals surface area contributed by atoms with E-state index in [0.29, 0.717) is 5.02 Å². The zero-order chi connectivity index (χ0) is 11.4. The summed E-state index contributed by atoms with van der Waals surface area (Å²) in [5.41, 5.74) is 7.36. The summed E-state index contributed by atoms with van der Waals surface area (Å²) in [6.45, 7) is 1.95. The molecule has 1 aromatic carbocycles. The Balaban J connectivity index is 0.000000292. The number of hydrogen-bond acceptors (Lipinski definition) is 3. The van der Waals surface area contributed by atoms with E-state index < -0.39 is 10.4 Å². The lowest BCUT2D eigenvalue weighted by atomic mass is 10.2. The largest absolute Gasteiger partial charge is 0.398 e. The number of benzene rings is 1. The molecule has 0 unspecified atom stereocenters. The van der Waals surface area contributed by atoms with E-state index in [1.807, 2.05) is 19.1 Å². The summed E-state index contributed by atoms with van der Waals surface area (Å²) in [4.78, 5) is 0. The summed E-state index contributed by atoms with van der Waals surface area (Å²) in [7, 11) is -4.67. The van der Waals surface area contributed by atoms with E-state index in [-0.39, 0.29) is 0 Å². The van der Waals surface area contributed by atoms with Crippen molar-refractivity contribution in [3.63, 3.8) is 0 Å². The third kappa shape index (κ3) is 7.81. The average Bonchev–Trinajstić information content (AvgIpc) is 1.94. The molecular weight excluding hydrogens is 230 g/mol. The van der Waals surface area contributed by atoms with Gasteiger partial charge in [-0.05, 0) is 24.6 Å². The van der Waals surface area contributed by atoms with Crippen LogP contribution in [0.5, 0.6) is 0 Å². The van der Waals surface area contributed by atoms with Crippen molar-refractivity contribution in [2.45, 2.75) is 6.92 Å². The predicted octanol–water partition coefficient (Wildman–Crippen LogP) is 1.58. The molecule has 0 bridgehead atoms. The second kappa shape index (κ2) is 5.16. The Hall–Kier alpha value is -0.820. The molecule has 1 aromatic rings. The van der Waals surface area contributed by atoms with Crippen LogP contribution >= 0.6 is 11.6 Å². The van der Waals surface area contributed by atoms with Gasteiger partial charge in [-0.25, -0.2) is 0 Å². The summed E-state index contributed by atoms with van der Waals surface area (Å²) in [5.74, 6) is 0. The van der Waals surface area contributed by atoms with Crippen molar-refractivity contribution in [1.29, 1.82) is 0 Å². The lowest BCUT2D eigenvalue weighted by Gasteiger charge is -1.97. The van der Waals surface area contributed by atoms with E-state index in [2.05, 4.69) is 0 Å². The molecular formula is C7H10ClNO4S. The van der Waals surface area contributed by atoms with Crippen molar-refractivity contribution < 1.29 is 17.5 Å². The van der Waals surface area contributed by atoms with Crippen LogP contribution in [0, 0.1) is 6.92 Å². The molecule has 1 rings (SSSR count). The standard InChI is InChI=1S/C7H8ClN.H2O4S/c1-5-2-3-6(8)4-7(5)9;1-5(2,3)4/h2-4H,9H2,1H3;(H2,1,2,3,4). The quantitative estimate of drug-likeness (QED) is 0.471. The maximum atomic E-state index is 8.74. The van der Waals surface area contributed by atoms with Gasteiger partial charge in [0.25, 0.3) is 0 Å². The third-order valence-corrected chi connectivity index (χ3v) is 1.48. The molecule has 0 aliphatic heterocycles. The number of halogens is 1. The summed E-state index contributed by atoms with van der Waals surface area (Å²) in [6, 6.07) is 5.47. The van der Waals surface area contributed by atoms with E-state index in [1.54, 1.807) is 6.07 Å². The fourth-order valence-electron chi connectivity index (χ4n) is 0.611. The number of rotatable bonds is 0. The normalized spacial score (nSPS) is 10.3. The van der Waals surface area contributed by atoms with E-state index in [9.17, 15) is 0 Å². The molecule has 5 nitrogen and oxygen atoms in total. The molecule has 4 N–H and O–H groups in total. The predicted molar refractivity (Wildman–Crippen MR) is 54.8 cm³/mol. The Bertz CT molecular complexity index is 396. The Morgan fingerprint density at radius 2 is 1.79 bits per heavy atom. The zero-order valence-corrected chi connectivity index (χ0v) is 8.88.